The molecule has 2 N–H and O–H groups in total. The summed E-state index contributed by atoms with van der Waals surface area (Å²) in [5, 5.41) is 18.8. The molecule has 46 heavy (non-hydrogen) atoms. The van der Waals surface area contributed by atoms with E-state index in [1.807, 2.05) is 26.0 Å². The lowest BCUT2D eigenvalue weighted by Gasteiger charge is -2.18. The number of likely N-dealkylation sites (tertiary alicyclic amines) is 4. The Morgan fingerprint density at radius 3 is 1.67 bits per heavy atom. The third-order valence-electron chi connectivity index (χ3n) is 8.54. The second-order valence-electron chi connectivity index (χ2n) is 12.9. The third kappa shape index (κ3) is 21.7. The lowest BCUT2D eigenvalue weighted by atomic mass is 10.1. The van der Waals surface area contributed by atoms with E-state index < -0.39 is 0 Å². The van der Waals surface area contributed by atoms with Gasteiger partial charge in [0, 0.05) is 99.9 Å². The van der Waals surface area contributed by atoms with Gasteiger partial charge >= 0.3 is 0 Å². The lowest BCUT2D eigenvalue weighted by molar-refractivity contribution is -0.121. The van der Waals surface area contributed by atoms with Crippen molar-refractivity contribution in [2.24, 2.45) is 0 Å². The first-order valence-corrected chi connectivity index (χ1v) is 16.1. The second-order valence-corrected chi connectivity index (χ2v) is 12.9. The molecule has 12 nitrogen and oxygen atoms in total. The van der Waals surface area contributed by atoms with Crippen LogP contribution in [-0.4, -0.2) is 187 Å². The van der Waals surface area contributed by atoms with E-state index >= 15 is 0 Å². The highest BCUT2D eigenvalue weighted by Gasteiger charge is 2.22. The summed E-state index contributed by atoms with van der Waals surface area (Å²) in [5.41, 5.74) is 0. The molecule has 4 aliphatic rings. The maximum atomic E-state index is 11.1. The van der Waals surface area contributed by atoms with Gasteiger partial charge in [0.2, 0.25) is 0 Å². The zero-order chi connectivity index (χ0) is 33.1. The van der Waals surface area contributed by atoms with Crippen molar-refractivity contribution in [1.29, 1.82) is 0 Å². The van der Waals surface area contributed by atoms with Gasteiger partial charge in [-0.05, 0) is 53.9 Å². The van der Waals surface area contributed by atoms with Crippen molar-refractivity contribution < 1.29 is 38.7 Å². The molecule has 6 atom stereocenters. The van der Waals surface area contributed by atoms with Crippen molar-refractivity contribution in [3.63, 3.8) is 0 Å². The molecule has 0 amide bonds. The van der Waals surface area contributed by atoms with Crippen LogP contribution >= 0.6 is 0 Å². The van der Waals surface area contributed by atoms with Crippen molar-refractivity contribution in [1.82, 2.24) is 19.6 Å². The number of nitrogens with zero attached hydrogens (tertiary/aromatic N) is 4. The van der Waals surface area contributed by atoms with E-state index in [-0.39, 0.29) is 45.4 Å². The topological polar surface area (TPSA) is 124 Å². The number of aliphatic hydroxyl groups excluding tert-OH is 2. The highest BCUT2D eigenvalue weighted by molar-refractivity contribution is 5.80. The first-order valence-electron chi connectivity index (χ1n) is 16.1. The number of hydrogen-bond acceptors (Lipinski definition) is 12. The summed E-state index contributed by atoms with van der Waals surface area (Å²) in [7, 11) is 14.8. The summed E-state index contributed by atoms with van der Waals surface area (Å²) in [4.78, 5) is 30.6. The smallest absolute Gasteiger partial charge is 0.146 e. The predicted molar refractivity (Wildman–Crippen MR) is 186 cm³/mol. The molecule has 0 aromatic carbocycles. The minimum absolute atomic E-state index is 0. The zero-order valence-electron chi connectivity index (χ0n) is 28.9. The number of ketones is 2. The molecule has 0 saturated carbocycles. The molecule has 276 valence electrons. The van der Waals surface area contributed by atoms with Gasteiger partial charge in [-0.25, -0.2) is 0 Å². The number of hydrogen-bond donors (Lipinski definition) is 2. The number of methoxy groups -OCH3 is 4. The number of ether oxygens (including phenoxy) is 4. The summed E-state index contributed by atoms with van der Waals surface area (Å²) in [5.74, 6) is 0.647. The fourth-order valence-electron chi connectivity index (χ4n) is 5.74. The highest BCUT2D eigenvalue weighted by atomic mass is 16.5. The van der Waals surface area contributed by atoms with Gasteiger partial charge in [-0.3, -0.25) is 14.5 Å². The van der Waals surface area contributed by atoms with Crippen LogP contribution < -0.4 is 0 Å². The van der Waals surface area contributed by atoms with Gasteiger partial charge < -0.3 is 43.9 Å². The zero-order valence-corrected chi connectivity index (χ0v) is 28.9. The monoisotopic (exact) mass is 665 g/mol. The van der Waals surface area contributed by atoms with E-state index in [1.54, 1.807) is 28.4 Å². The van der Waals surface area contributed by atoms with Gasteiger partial charge in [-0.15, -0.1) is 0 Å². The largest absolute Gasteiger partial charge is 0.393 e. The van der Waals surface area contributed by atoms with Gasteiger partial charge in [0.1, 0.15) is 11.6 Å². The van der Waals surface area contributed by atoms with E-state index in [0.29, 0.717) is 43.5 Å². The van der Waals surface area contributed by atoms with E-state index in [0.717, 1.165) is 77.9 Å². The summed E-state index contributed by atoms with van der Waals surface area (Å²) < 4.78 is 20.8. The van der Waals surface area contributed by atoms with Crippen LogP contribution in [0.4, 0.5) is 0 Å². The maximum absolute atomic E-state index is 11.1. The number of aliphatic hydroxyl groups is 2. The fraction of sp³-hybridized carbons (Fsp3) is 0.941. The third-order valence-corrected chi connectivity index (χ3v) is 8.54. The Hall–Kier alpha value is -1.06. The molecular formula is C34H72N4O8. The van der Waals surface area contributed by atoms with E-state index in [9.17, 15) is 19.8 Å². The number of carbonyl (C=O) groups excluding carboxylic acids is 2. The molecule has 4 heterocycles. The first-order chi connectivity index (χ1) is 20.9. The predicted octanol–water partition coefficient (Wildman–Crippen LogP) is 2.04. The van der Waals surface area contributed by atoms with Gasteiger partial charge in [-0.2, -0.15) is 0 Å². The van der Waals surface area contributed by atoms with Crippen molar-refractivity contribution in [2.75, 3.05) is 109 Å². The summed E-state index contributed by atoms with van der Waals surface area (Å²) in [6, 6.07) is 0. The average Bonchev–Trinajstić information content (AvgIpc) is 3.42. The molecule has 0 aliphatic carbocycles. The quantitative estimate of drug-likeness (QED) is 0.457. The molecule has 4 aliphatic heterocycles. The minimum atomic E-state index is -0.176. The Morgan fingerprint density at radius 1 is 0.543 bits per heavy atom. The van der Waals surface area contributed by atoms with E-state index in [1.165, 1.54) is 0 Å². The number of β-amino-alcohol motifs (C(OH)–C–C–N with tert-alkyl or cyclic N) is 1. The Kier molecular flexibility index (Phi) is 27.5. The molecule has 0 aromatic rings. The highest BCUT2D eigenvalue weighted by Crippen LogP contribution is 2.13. The molecule has 0 radical (unpaired) electrons. The molecule has 6 unspecified atom stereocenters. The fourth-order valence-corrected chi connectivity index (χ4v) is 5.74. The molecule has 4 fully saturated rings. The summed E-state index contributed by atoms with van der Waals surface area (Å²) in [6.45, 7) is 6.84. The number of Topliss-reactive ketones (excluding diaryl/α,β-unsaturated/α-hetero) is 2. The average molecular weight is 665 g/mol. The second kappa shape index (κ2) is 26.8. The van der Waals surface area contributed by atoms with Crippen molar-refractivity contribution in [2.45, 2.75) is 103 Å². The SMILES string of the molecule is C.C.COC1CC(=O)CCN(C)C1.COC1CC(O)CCN(C)C1.COC1CCC(=O)CN(C)C1.COC1CCC(O)CN(C)C1. The van der Waals surface area contributed by atoms with Crippen LogP contribution in [-0.2, 0) is 28.5 Å². The molecule has 4 rings (SSSR count). The van der Waals surface area contributed by atoms with Crippen molar-refractivity contribution >= 4 is 11.6 Å². The van der Waals surface area contributed by atoms with Gasteiger partial charge in [0.15, 0.2) is 0 Å². The summed E-state index contributed by atoms with van der Waals surface area (Å²) in [6.07, 6.45) is 6.81. The van der Waals surface area contributed by atoms with Gasteiger partial charge in [0.25, 0.3) is 0 Å². The lowest BCUT2D eigenvalue weighted by Crippen LogP contribution is -2.31. The van der Waals surface area contributed by atoms with Crippen LogP contribution in [0.5, 0.6) is 0 Å². The number of rotatable bonds is 4. The van der Waals surface area contributed by atoms with Crippen LogP contribution in [0.15, 0.2) is 0 Å². The maximum Gasteiger partial charge on any atom is 0.146 e. The van der Waals surface area contributed by atoms with E-state index in [2.05, 4.69) is 21.7 Å². The normalized spacial score (nSPS) is 30.5. The molecule has 12 heteroatoms. The van der Waals surface area contributed by atoms with Crippen LogP contribution in [0.3, 0.4) is 0 Å². The molecule has 0 bridgehead atoms. The minimum Gasteiger partial charge on any atom is -0.393 e. The van der Waals surface area contributed by atoms with Crippen molar-refractivity contribution in [3.05, 3.63) is 0 Å². The standard InChI is InChI=1S/C8H17NO2.C8H15NO2.C8H17NO2.C8H15NO2.2CH4/c2*1-9-4-3-7(10)5-8(6-9)11-2;2*1-9-5-7(10)3-4-8(6-9)11-2;;/h7-8,10H,3-6H2,1-2H3;8H,3-6H2,1-2H3;7-8,10H,3-6H2,1-2H3;8H,3-6H2,1-2H3;2*1H4. The Labute approximate surface area is 281 Å². The van der Waals surface area contributed by atoms with E-state index in [4.69, 9.17) is 18.9 Å². The first kappa shape index (κ1) is 47.1. The Bertz CT molecular complexity index is 767. The van der Waals surface area contributed by atoms with Crippen LogP contribution in [0, 0.1) is 0 Å². The molecular weight excluding hydrogens is 592 g/mol. The molecule has 4 saturated heterocycles. The van der Waals surface area contributed by atoms with Gasteiger partial charge in [-0.1, -0.05) is 14.9 Å². The van der Waals surface area contributed by atoms with Crippen LogP contribution in [0.1, 0.15) is 66.2 Å². The van der Waals surface area contributed by atoms with Gasteiger partial charge in [0.05, 0.1) is 43.2 Å². The number of carbonyl (C=O) groups is 2. The Balaban J connectivity index is 0. The molecule has 0 aromatic heterocycles. The summed E-state index contributed by atoms with van der Waals surface area (Å²) >= 11 is 0. The van der Waals surface area contributed by atoms with Crippen molar-refractivity contribution in [3.8, 4) is 0 Å². The molecule has 0 spiro atoms. The van der Waals surface area contributed by atoms with Crippen LogP contribution in [0.2, 0.25) is 0 Å². The van der Waals surface area contributed by atoms with Crippen LogP contribution in [0.25, 0.3) is 0 Å². The number of likely N-dealkylation sites (N-methyl/N-ethyl adjacent to an activating group) is 4. The Morgan fingerprint density at radius 2 is 1.07 bits per heavy atom.